The van der Waals surface area contributed by atoms with Crippen molar-refractivity contribution in [3.05, 3.63) is 82.9 Å². The Hall–Kier alpha value is -2.37. The van der Waals surface area contributed by atoms with E-state index < -0.39 is 0 Å². The van der Waals surface area contributed by atoms with Crippen LogP contribution in [0, 0.1) is 23.7 Å². The van der Waals surface area contributed by atoms with Crippen LogP contribution in [0.1, 0.15) is 73.9 Å². The Morgan fingerprint density at radius 1 is 1.22 bits per heavy atom. The molecule has 0 saturated heterocycles. The van der Waals surface area contributed by atoms with Crippen LogP contribution >= 0.6 is 23.5 Å². The van der Waals surface area contributed by atoms with Gasteiger partial charge in [0.15, 0.2) is 0 Å². The van der Waals surface area contributed by atoms with Gasteiger partial charge in [-0.2, -0.15) is 0 Å². The first-order chi connectivity index (χ1) is 19.9. The van der Waals surface area contributed by atoms with Crippen LogP contribution in [0.25, 0.3) is 0 Å². The molecule has 1 fully saturated rings. The molecule has 0 radical (unpaired) electrons. The van der Waals surface area contributed by atoms with Crippen LogP contribution in [0.3, 0.4) is 0 Å². The molecule has 4 nitrogen and oxygen atoms in total. The minimum Gasteiger partial charge on any atom is -0.490 e. The fourth-order valence-electron chi connectivity index (χ4n) is 7.49. The van der Waals surface area contributed by atoms with Crippen molar-refractivity contribution in [2.24, 2.45) is 23.7 Å². The number of benzene rings is 2. The van der Waals surface area contributed by atoms with Crippen LogP contribution in [0.4, 0.5) is 5.69 Å². The van der Waals surface area contributed by atoms with E-state index in [0.29, 0.717) is 41.1 Å². The predicted molar refractivity (Wildman–Crippen MR) is 172 cm³/mol. The number of carbonyl (C=O) groups is 1. The molecule has 1 N–H and O–H groups in total. The van der Waals surface area contributed by atoms with Gasteiger partial charge in [-0.25, -0.2) is 0 Å². The number of nitrogens with zero attached hydrogens (tertiary/aromatic N) is 1. The number of carbonyl (C=O) groups excluding carboxylic acids is 1. The number of rotatable bonds is 2. The van der Waals surface area contributed by atoms with Gasteiger partial charge in [-0.15, -0.1) is 6.58 Å². The number of halogens is 1. The van der Waals surface area contributed by atoms with Crippen LogP contribution in [-0.2, 0) is 11.8 Å². The fraction of sp³-hybridized carbons (Fsp3) is 0.514. The van der Waals surface area contributed by atoms with Crippen LogP contribution in [0.2, 0.25) is 5.02 Å². The van der Waals surface area contributed by atoms with Gasteiger partial charge in [0.2, 0.25) is 0 Å². The Kier molecular flexibility index (Phi) is 8.47. The van der Waals surface area contributed by atoms with Crippen molar-refractivity contribution in [3.63, 3.8) is 0 Å². The standard InChI is InChI=1S/C35H43ClN2O2S/c1-4-7-25-9-5-8-23(2)24(3)41-37-34(39)27-12-16-33-32(19-27)38(20-28-11-14-30(25)28)21-35(22-40-33)17-6-10-26-18-29(36)13-15-31(26)35/h4-5,9,12-13,15-16,18-19,23-25,28,30H,1,6-8,10-11,14,17,20-22H2,2-3H3,(H,37,39)/b9-5+. The molecule has 0 aromatic heterocycles. The van der Waals surface area contributed by atoms with Crippen molar-refractivity contribution >= 4 is 35.1 Å². The van der Waals surface area contributed by atoms with Crippen molar-refractivity contribution in [2.75, 3.05) is 24.6 Å². The van der Waals surface area contributed by atoms with Gasteiger partial charge < -0.3 is 9.64 Å². The van der Waals surface area contributed by atoms with E-state index in [0.717, 1.165) is 61.7 Å². The summed E-state index contributed by atoms with van der Waals surface area (Å²) in [5, 5.41) is 1.12. The number of aryl methyl sites for hydroxylation is 1. The molecule has 1 amide bonds. The maximum atomic E-state index is 13.3. The van der Waals surface area contributed by atoms with E-state index in [1.165, 1.54) is 35.9 Å². The molecule has 2 aromatic carbocycles. The molecule has 2 heterocycles. The molecule has 4 aliphatic rings. The average Bonchev–Trinajstić information content (AvgIpc) is 3.10. The summed E-state index contributed by atoms with van der Waals surface area (Å²) in [6.45, 7) is 11.1. The molecule has 6 unspecified atom stereocenters. The molecule has 1 spiro atoms. The van der Waals surface area contributed by atoms with E-state index in [1.54, 1.807) is 0 Å². The third-order valence-electron chi connectivity index (χ3n) is 10.2. The van der Waals surface area contributed by atoms with Gasteiger partial charge in [0.25, 0.3) is 5.91 Å². The lowest BCUT2D eigenvalue weighted by Crippen LogP contribution is -2.49. The Bertz CT molecular complexity index is 1330. The quantitative estimate of drug-likeness (QED) is 0.282. The minimum absolute atomic E-state index is 0.0383. The Balaban J connectivity index is 1.40. The molecule has 6 atom stereocenters. The number of anilines is 1. The summed E-state index contributed by atoms with van der Waals surface area (Å²) in [5.41, 5.74) is 4.37. The highest BCUT2D eigenvalue weighted by Gasteiger charge is 2.44. The summed E-state index contributed by atoms with van der Waals surface area (Å²) in [6, 6.07) is 12.4. The number of nitrogens with one attached hydrogen (secondary N) is 1. The topological polar surface area (TPSA) is 41.6 Å². The van der Waals surface area contributed by atoms with Crippen LogP contribution < -0.4 is 14.4 Å². The predicted octanol–water partition coefficient (Wildman–Crippen LogP) is 8.39. The molecule has 2 bridgehead atoms. The number of hydrogen-bond acceptors (Lipinski definition) is 4. The highest BCUT2D eigenvalue weighted by molar-refractivity contribution is 7.98. The second-order valence-electron chi connectivity index (χ2n) is 12.9. The van der Waals surface area contributed by atoms with Crippen molar-refractivity contribution in [1.82, 2.24) is 4.72 Å². The Labute approximate surface area is 255 Å². The molecule has 2 aliphatic carbocycles. The lowest BCUT2D eigenvalue weighted by atomic mass is 9.65. The maximum Gasteiger partial charge on any atom is 0.261 e. The molecule has 6 heteroatoms. The van der Waals surface area contributed by atoms with Crippen LogP contribution in [-0.4, -0.2) is 30.9 Å². The van der Waals surface area contributed by atoms with Gasteiger partial charge in [-0.05, 0) is 122 Å². The smallest absolute Gasteiger partial charge is 0.261 e. The van der Waals surface area contributed by atoms with Crippen molar-refractivity contribution in [1.29, 1.82) is 0 Å². The normalized spacial score (nSPS) is 32.4. The highest BCUT2D eigenvalue weighted by Crippen LogP contribution is 2.48. The number of hydrogen-bond donors (Lipinski definition) is 1. The van der Waals surface area contributed by atoms with Crippen molar-refractivity contribution in [3.8, 4) is 5.75 Å². The van der Waals surface area contributed by atoms with Gasteiger partial charge in [-0.3, -0.25) is 9.52 Å². The van der Waals surface area contributed by atoms with Crippen LogP contribution in [0.5, 0.6) is 5.75 Å². The molecular weight excluding hydrogens is 548 g/mol. The second-order valence-corrected chi connectivity index (χ2v) is 14.5. The lowest BCUT2D eigenvalue weighted by Gasteiger charge is -2.46. The minimum atomic E-state index is -0.110. The van der Waals surface area contributed by atoms with Crippen molar-refractivity contribution < 1.29 is 9.53 Å². The largest absolute Gasteiger partial charge is 0.490 e. The van der Waals surface area contributed by atoms with E-state index in [2.05, 4.69) is 66.5 Å². The number of allylic oxidation sites excluding steroid dienone is 3. The summed E-state index contributed by atoms with van der Waals surface area (Å²) in [5.74, 6) is 3.07. The lowest BCUT2D eigenvalue weighted by molar-refractivity contribution is 0.0984. The highest BCUT2D eigenvalue weighted by atomic mass is 35.5. The summed E-state index contributed by atoms with van der Waals surface area (Å²) in [4.78, 5) is 15.9. The Morgan fingerprint density at radius 3 is 2.90 bits per heavy atom. The van der Waals surface area contributed by atoms with Crippen molar-refractivity contribution in [2.45, 2.75) is 69.5 Å². The van der Waals surface area contributed by atoms with E-state index in [1.807, 2.05) is 18.2 Å². The average molecular weight is 591 g/mol. The molecule has 2 aliphatic heterocycles. The summed E-state index contributed by atoms with van der Waals surface area (Å²) in [6.07, 6.45) is 14.8. The fourth-order valence-corrected chi connectivity index (χ4v) is 8.44. The third-order valence-corrected chi connectivity index (χ3v) is 11.6. The van der Waals surface area contributed by atoms with Gasteiger partial charge in [0, 0.05) is 34.3 Å². The SMILES string of the molecule is C=CCC1/C=C/CC(C)C(C)SNC(=O)c2ccc3c(c2)N(CC2CCC12)CC1(CCCc2cc(Cl)ccc21)CO3. The second kappa shape index (κ2) is 12.1. The van der Waals surface area contributed by atoms with Gasteiger partial charge in [0.05, 0.1) is 12.3 Å². The van der Waals surface area contributed by atoms with E-state index in [9.17, 15) is 4.79 Å². The van der Waals surface area contributed by atoms with Gasteiger partial charge in [0.1, 0.15) is 5.75 Å². The van der Waals surface area contributed by atoms with E-state index in [-0.39, 0.29) is 11.3 Å². The van der Waals surface area contributed by atoms with Gasteiger partial charge >= 0.3 is 0 Å². The molecule has 2 aromatic rings. The monoisotopic (exact) mass is 590 g/mol. The first-order valence-corrected chi connectivity index (χ1v) is 16.7. The molecule has 218 valence electrons. The molecule has 41 heavy (non-hydrogen) atoms. The molecular formula is C35H43ClN2O2S. The number of amides is 1. The molecule has 6 rings (SSSR count). The first kappa shape index (κ1) is 28.7. The zero-order valence-corrected chi connectivity index (χ0v) is 26.0. The summed E-state index contributed by atoms with van der Waals surface area (Å²) >= 11 is 7.98. The summed E-state index contributed by atoms with van der Waals surface area (Å²) in [7, 11) is 0. The van der Waals surface area contributed by atoms with E-state index >= 15 is 0 Å². The summed E-state index contributed by atoms with van der Waals surface area (Å²) < 4.78 is 9.80. The zero-order valence-electron chi connectivity index (χ0n) is 24.4. The number of fused-ring (bicyclic) bond motifs is 4. The van der Waals surface area contributed by atoms with Crippen LogP contribution in [0.15, 0.2) is 61.2 Å². The van der Waals surface area contributed by atoms with Gasteiger partial charge in [-0.1, -0.05) is 49.7 Å². The van der Waals surface area contributed by atoms with E-state index in [4.69, 9.17) is 16.3 Å². The zero-order chi connectivity index (χ0) is 28.6. The third kappa shape index (κ3) is 5.82. The Morgan fingerprint density at radius 2 is 2.10 bits per heavy atom. The molecule has 1 saturated carbocycles. The maximum absolute atomic E-state index is 13.3. The first-order valence-electron chi connectivity index (χ1n) is 15.4. The number of ether oxygens (including phenoxy) is 1.